The zero-order chi connectivity index (χ0) is 19.4. The lowest BCUT2D eigenvalue weighted by Crippen LogP contribution is -2.29. The normalized spacial score (nSPS) is 12.9. The van der Waals surface area contributed by atoms with Gasteiger partial charge in [0.15, 0.2) is 6.10 Å². The molecular weight excluding hydrogens is 344 g/mol. The largest absolute Gasteiger partial charge is 0.509 e. The minimum Gasteiger partial charge on any atom is -0.457 e. The van der Waals surface area contributed by atoms with Gasteiger partial charge in [-0.05, 0) is 59.2 Å². The number of carbonyl (C=O) groups excluding carboxylic acids is 2. The molecular formula is C19H25ClO5. The highest BCUT2D eigenvalue weighted by molar-refractivity contribution is 6.30. The predicted molar refractivity (Wildman–Crippen MR) is 96.5 cm³/mol. The lowest BCUT2D eigenvalue weighted by Gasteiger charge is -2.25. The Kier molecular flexibility index (Phi) is 6.66. The average molecular weight is 369 g/mol. The number of benzene rings is 1. The molecule has 0 saturated carbocycles. The van der Waals surface area contributed by atoms with Gasteiger partial charge >= 0.3 is 12.1 Å². The third-order valence-corrected chi connectivity index (χ3v) is 3.01. The second-order valence-electron chi connectivity index (χ2n) is 7.54. The molecule has 0 N–H and O–H groups in total. The average Bonchev–Trinajstić information content (AvgIpc) is 2.41. The van der Waals surface area contributed by atoms with Gasteiger partial charge in [0.1, 0.15) is 11.2 Å². The van der Waals surface area contributed by atoms with Crippen LogP contribution in [0.5, 0.6) is 0 Å². The zero-order valence-electron chi connectivity index (χ0n) is 15.5. The minimum absolute atomic E-state index is 0.0110. The van der Waals surface area contributed by atoms with Crippen LogP contribution in [0.4, 0.5) is 4.79 Å². The van der Waals surface area contributed by atoms with Gasteiger partial charge in [0.05, 0.1) is 5.57 Å². The van der Waals surface area contributed by atoms with Crippen molar-refractivity contribution in [3.8, 4) is 0 Å². The molecule has 1 rings (SSSR count). The number of esters is 1. The summed E-state index contributed by atoms with van der Waals surface area (Å²) in [5.74, 6) is -0.656. The molecule has 0 aromatic heterocycles. The van der Waals surface area contributed by atoms with E-state index >= 15 is 0 Å². The van der Waals surface area contributed by atoms with E-state index < -0.39 is 29.4 Å². The van der Waals surface area contributed by atoms with E-state index in [1.807, 2.05) is 0 Å². The second-order valence-corrected chi connectivity index (χ2v) is 7.98. The van der Waals surface area contributed by atoms with Crippen molar-refractivity contribution in [3.05, 3.63) is 47.0 Å². The van der Waals surface area contributed by atoms with Crippen LogP contribution in [0.15, 0.2) is 36.4 Å². The van der Waals surface area contributed by atoms with E-state index in [0.29, 0.717) is 10.6 Å². The third kappa shape index (κ3) is 7.61. The van der Waals surface area contributed by atoms with Crippen LogP contribution in [0, 0.1) is 0 Å². The van der Waals surface area contributed by atoms with Gasteiger partial charge in [0, 0.05) is 5.02 Å². The fraction of sp³-hybridized carbons (Fsp3) is 0.474. The molecule has 0 amide bonds. The molecule has 0 aliphatic rings. The van der Waals surface area contributed by atoms with Crippen molar-refractivity contribution in [1.29, 1.82) is 0 Å². The summed E-state index contributed by atoms with van der Waals surface area (Å²) < 4.78 is 15.8. The van der Waals surface area contributed by atoms with Crippen molar-refractivity contribution in [2.24, 2.45) is 0 Å². The van der Waals surface area contributed by atoms with Crippen molar-refractivity contribution < 1.29 is 23.8 Å². The highest BCUT2D eigenvalue weighted by Crippen LogP contribution is 2.29. The molecule has 0 saturated heterocycles. The van der Waals surface area contributed by atoms with E-state index in [-0.39, 0.29) is 5.57 Å². The van der Waals surface area contributed by atoms with E-state index in [1.54, 1.807) is 65.8 Å². The lowest BCUT2D eigenvalue weighted by molar-refractivity contribution is -0.151. The van der Waals surface area contributed by atoms with Gasteiger partial charge in [-0.25, -0.2) is 9.59 Å². The van der Waals surface area contributed by atoms with Gasteiger partial charge in [-0.1, -0.05) is 30.3 Å². The molecule has 25 heavy (non-hydrogen) atoms. The van der Waals surface area contributed by atoms with Crippen molar-refractivity contribution in [2.75, 3.05) is 0 Å². The van der Waals surface area contributed by atoms with Crippen LogP contribution >= 0.6 is 11.6 Å². The van der Waals surface area contributed by atoms with E-state index in [2.05, 4.69) is 6.58 Å². The van der Waals surface area contributed by atoms with Gasteiger partial charge in [-0.15, -0.1) is 0 Å². The maximum Gasteiger partial charge on any atom is 0.509 e. The Bertz CT molecular complexity index is 635. The molecule has 0 radical (unpaired) electrons. The second kappa shape index (κ2) is 7.91. The molecule has 0 aliphatic carbocycles. The molecule has 1 atom stereocenters. The summed E-state index contributed by atoms with van der Waals surface area (Å²) in [4.78, 5) is 24.4. The predicted octanol–water partition coefficient (Wildman–Crippen LogP) is 5.23. The number of hydrogen-bond acceptors (Lipinski definition) is 5. The SMILES string of the molecule is C=C(C(=O)OC(C)(C)C)C(OC(=O)OC(C)(C)C)c1ccc(Cl)cc1. The maximum atomic E-state index is 12.3. The van der Waals surface area contributed by atoms with Gasteiger partial charge < -0.3 is 14.2 Å². The van der Waals surface area contributed by atoms with Crippen molar-refractivity contribution >= 4 is 23.7 Å². The molecule has 0 bridgehead atoms. The zero-order valence-corrected chi connectivity index (χ0v) is 16.3. The smallest absolute Gasteiger partial charge is 0.457 e. The van der Waals surface area contributed by atoms with Crippen molar-refractivity contribution in [1.82, 2.24) is 0 Å². The highest BCUT2D eigenvalue weighted by atomic mass is 35.5. The molecule has 0 aliphatic heterocycles. The van der Waals surface area contributed by atoms with Gasteiger partial charge in [0.2, 0.25) is 0 Å². The summed E-state index contributed by atoms with van der Waals surface area (Å²) in [6.07, 6.45) is -1.95. The molecule has 0 spiro atoms. The Labute approximate surface area is 153 Å². The molecule has 1 aromatic carbocycles. The molecule has 0 heterocycles. The minimum atomic E-state index is -1.04. The summed E-state index contributed by atoms with van der Waals surface area (Å²) in [7, 11) is 0. The van der Waals surface area contributed by atoms with Gasteiger partial charge in [-0.2, -0.15) is 0 Å². The number of ether oxygens (including phenoxy) is 3. The maximum absolute atomic E-state index is 12.3. The first-order valence-corrected chi connectivity index (χ1v) is 8.23. The van der Waals surface area contributed by atoms with E-state index in [1.165, 1.54) is 0 Å². The summed E-state index contributed by atoms with van der Waals surface area (Å²) in [5, 5.41) is 0.516. The fourth-order valence-electron chi connectivity index (χ4n) is 1.80. The standard InChI is InChI=1S/C19H25ClO5/c1-12(16(21)24-18(2,3)4)15(13-8-10-14(20)11-9-13)23-17(22)25-19(5,6)7/h8-11,15H,1H2,2-7H3. The first kappa shape index (κ1) is 21.0. The Morgan fingerprint density at radius 1 is 0.960 bits per heavy atom. The number of hydrogen-bond donors (Lipinski definition) is 0. The summed E-state index contributed by atoms with van der Waals surface area (Å²) >= 11 is 5.89. The van der Waals surface area contributed by atoms with Gasteiger partial charge in [0.25, 0.3) is 0 Å². The van der Waals surface area contributed by atoms with Gasteiger partial charge in [-0.3, -0.25) is 0 Å². The van der Waals surface area contributed by atoms with Crippen LogP contribution in [-0.2, 0) is 19.0 Å². The van der Waals surface area contributed by atoms with E-state index in [4.69, 9.17) is 25.8 Å². The molecule has 1 aromatic rings. The van der Waals surface area contributed by atoms with E-state index in [9.17, 15) is 9.59 Å². The molecule has 138 valence electrons. The van der Waals surface area contributed by atoms with E-state index in [0.717, 1.165) is 0 Å². The monoisotopic (exact) mass is 368 g/mol. The van der Waals surface area contributed by atoms with Crippen LogP contribution in [0.3, 0.4) is 0 Å². The van der Waals surface area contributed by atoms with Crippen LogP contribution in [-0.4, -0.2) is 23.3 Å². The Balaban J connectivity index is 3.06. The quantitative estimate of drug-likeness (QED) is 0.537. The number of carbonyl (C=O) groups is 2. The highest BCUT2D eigenvalue weighted by Gasteiger charge is 2.30. The Morgan fingerprint density at radius 2 is 1.44 bits per heavy atom. The molecule has 6 heteroatoms. The molecule has 1 unspecified atom stereocenters. The number of halogens is 1. The van der Waals surface area contributed by atoms with Crippen LogP contribution < -0.4 is 0 Å². The summed E-state index contributed by atoms with van der Waals surface area (Å²) in [6, 6.07) is 6.55. The third-order valence-electron chi connectivity index (χ3n) is 2.75. The Hall–Kier alpha value is -2.01. The first-order valence-electron chi connectivity index (χ1n) is 7.86. The molecule has 0 fully saturated rings. The first-order chi connectivity index (χ1) is 11.3. The van der Waals surface area contributed by atoms with Crippen LogP contribution in [0.25, 0.3) is 0 Å². The fourth-order valence-corrected chi connectivity index (χ4v) is 1.92. The van der Waals surface area contributed by atoms with Crippen molar-refractivity contribution in [2.45, 2.75) is 58.8 Å². The number of rotatable bonds is 4. The Morgan fingerprint density at radius 3 is 1.88 bits per heavy atom. The molecule has 5 nitrogen and oxygen atoms in total. The summed E-state index contributed by atoms with van der Waals surface area (Å²) in [5.41, 5.74) is -0.903. The van der Waals surface area contributed by atoms with Crippen LogP contribution in [0.1, 0.15) is 53.2 Å². The topological polar surface area (TPSA) is 61.8 Å². The lowest BCUT2D eigenvalue weighted by atomic mass is 10.0. The summed E-state index contributed by atoms with van der Waals surface area (Å²) in [6.45, 7) is 14.1. The van der Waals surface area contributed by atoms with Crippen molar-refractivity contribution in [3.63, 3.8) is 0 Å². The van der Waals surface area contributed by atoms with Crippen LogP contribution in [0.2, 0.25) is 5.02 Å².